The lowest BCUT2D eigenvalue weighted by molar-refractivity contribution is -0.123. The average Bonchev–Trinajstić information content (AvgIpc) is 3.15. The number of benzene rings is 1. The second kappa shape index (κ2) is 6.79. The number of carbonyl (C=O) groups excluding carboxylic acids is 1. The smallest absolute Gasteiger partial charge is 0.236 e. The molecule has 0 spiro atoms. The summed E-state index contributed by atoms with van der Waals surface area (Å²) in [7, 11) is 0. The van der Waals surface area contributed by atoms with Gasteiger partial charge in [-0.15, -0.1) is 11.8 Å². The van der Waals surface area contributed by atoms with Crippen LogP contribution in [0.4, 0.5) is 0 Å². The lowest BCUT2D eigenvalue weighted by Gasteiger charge is -2.27. The standard InChI is InChI=1S/C18H22N2O2S/c1-13-16(14(2)22-20-13)12-19-17(21)18(10-6-7-11-18)23-15-8-4-3-5-9-15/h3-5,8-9H,6-7,10-12H2,1-2H3,(H,19,21). The van der Waals surface area contributed by atoms with Crippen LogP contribution < -0.4 is 5.32 Å². The largest absolute Gasteiger partial charge is 0.361 e. The van der Waals surface area contributed by atoms with Crippen molar-refractivity contribution in [3.63, 3.8) is 0 Å². The third kappa shape index (κ3) is 3.44. The Labute approximate surface area is 141 Å². The van der Waals surface area contributed by atoms with Crippen molar-refractivity contribution in [1.29, 1.82) is 0 Å². The molecule has 1 aromatic carbocycles. The Morgan fingerprint density at radius 2 is 1.96 bits per heavy atom. The van der Waals surface area contributed by atoms with Crippen LogP contribution in [0.2, 0.25) is 0 Å². The predicted molar refractivity (Wildman–Crippen MR) is 91.3 cm³/mol. The fraction of sp³-hybridized carbons (Fsp3) is 0.444. The average molecular weight is 330 g/mol. The highest BCUT2D eigenvalue weighted by molar-refractivity contribution is 8.01. The molecule has 3 rings (SSSR count). The molecule has 0 atom stereocenters. The number of aromatic nitrogens is 1. The van der Waals surface area contributed by atoms with E-state index in [4.69, 9.17) is 4.52 Å². The normalized spacial score (nSPS) is 16.4. The molecule has 1 aliphatic rings. The lowest BCUT2D eigenvalue weighted by Crippen LogP contribution is -2.42. The number of nitrogens with one attached hydrogen (secondary N) is 1. The van der Waals surface area contributed by atoms with Crippen molar-refractivity contribution in [3.05, 3.63) is 47.3 Å². The zero-order chi connectivity index (χ0) is 16.3. The molecule has 1 aliphatic carbocycles. The monoisotopic (exact) mass is 330 g/mol. The highest BCUT2D eigenvalue weighted by Crippen LogP contribution is 2.45. The van der Waals surface area contributed by atoms with Gasteiger partial charge in [0.25, 0.3) is 0 Å². The Morgan fingerprint density at radius 1 is 1.26 bits per heavy atom. The summed E-state index contributed by atoms with van der Waals surface area (Å²) in [6, 6.07) is 10.2. The zero-order valence-electron chi connectivity index (χ0n) is 13.6. The van der Waals surface area contributed by atoms with Gasteiger partial charge >= 0.3 is 0 Å². The minimum absolute atomic E-state index is 0.129. The van der Waals surface area contributed by atoms with Crippen LogP contribution in [0, 0.1) is 13.8 Å². The van der Waals surface area contributed by atoms with Crippen LogP contribution in [0.5, 0.6) is 0 Å². The van der Waals surface area contributed by atoms with Gasteiger partial charge in [-0.2, -0.15) is 0 Å². The van der Waals surface area contributed by atoms with Gasteiger partial charge in [0.05, 0.1) is 10.4 Å². The number of amides is 1. The van der Waals surface area contributed by atoms with Crippen LogP contribution in [0.3, 0.4) is 0 Å². The summed E-state index contributed by atoms with van der Waals surface area (Å²) in [5.41, 5.74) is 1.83. The van der Waals surface area contributed by atoms with Gasteiger partial charge in [0, 0.05) is 17.0 Å². The second-order valence-corrected chi connectivity index (χ2v) is 7.56. The molecule has 1 heterocycles. The maximum absolute atomic E-state index is 12.9. The first kappa shape index (κ1) is 16.1. The third-order valence-electron chi connectivity index (χ3n) is 4.49. The van der Waals surface area contributed by atoms with Crippen molar-refractivity contribution in [2.24, 2.45) is 0 Å². The number of thioether (sulfide) groups is 1. The molecular weight excluding hydrogens is 308 g/mol. The quantitative estimate of drug-likeness (QED) is 0.900. The molecule has 122 valence electrons. The van der Waals surface area contributed by atoms with E-state index < -0.39 is 0 Å². The fourth-order valence-corrected chi connectivity index (χ4v) is 4.52. The van der Waals surface area contributed by atoms with Crippen molar-refractivity contribution < 1.29 is 9.32 Å². The van der Waals surface area contributed by atoms with Crippen LogP contribution in [0.15, 0.2) is 39.8 Å². The summed E-state index contributed by atoms with van der Waals surface area (Å²) in [5, 5.41) is 7.06. The Bertz CT molecular complexity index is 656. The molecule has 23 heavy (non-hydrogen) atoms. The van der Waals surface area contributed by atoms with Gasteiger partial charge in [0.15, 0.2) is 0 Å². The fourth-order valence-electron chi connectivity index (χ4n) is 3.12. The number of rotatable bonds is 5. The number of hydrogen-bond donors (Lipinski definition) is 1. The van der Waals surface area contributed by atoms with E-state index in [1.54, 1.807) is 11.8 Å². The van der Waals surface area contributed by atoms with E-state index in [-0.39, 0.29) is 10.7 Å². The molecule has 1 amide bonds. The minimum Gasteiger partial charge on any atom is -0.361 e. The van der Waals surface area contributed by atoms with E-state index in [0.717, 1.165) is 47.6 Å². The molecular formula is C18H22N2O2S. The van der Waals surface area contributed by atoms with E-state index in [1.165, 1.54) is 0 Å². The molecule has 0 bridgehead atoms. The summed E-state index contributed by atoms with van der Waals surface area (Å²) >= 11 is 1.70. The Kier molecular flexibility index (Phi) is 4.76. The number of carbonyl (C=O) groups is 1. The summed E-state index contributed by atoms with van der Waals surface area (Å²) < 4.78 is 4.82. The van der Waals surface area contributed by atoms with Gasteiger partial charge in [0.1, 0.15) is 5.76 Å². The molecule has 1 fully saturated rings. The molecule has 0 saturated heterocycles. The topological polar surface area (TPSA) is 55.1 Å². The highest BCUT2D eigenvalue weighted by Gasteiger charge is 2.42. The molecule has 4 nitrogen and oxygen atoms in total. The van der Waals surface area contributed by atoms with Gasteiger partial charge in [-0.05, 0) is 38.8 Å². The highest BCUT2D eigenvalue weighted by atomic mass is 32.2. The Hall–Kier alpha value is -1.75. The first-order valence-corrected chi connectivity index (χ1v) is 8.86. The Morgan fingerprint density at radius 3 is 2.57 bits per heavy atom. The summed E-state index contributed by atoms with van der Waals surface area (Å²) in [6.07, 6.45) is 4.08. The van der Waals surface area contributed by atoms with Crippen molar-refractivity contribution in [2.75, 3.05) is 0 Å². The first-order valence-electron chi connectivity index (χ1n) is 8.05. The van der Waals surface area contributed by atoms with Crippen LogP contribution >= 0.6 is 11.8 Å². The molecule has 0 radical (unpaired) electrons. The Balaban J connectivity index is 1.72. The summed E-state index contributed by atoms with van der Waals surface area (Å²) in [5.74, 6) is 0.905. The summed E-state index contributed by atoms with van der Waals surface area (Å²) in [6.45, 7) is 4.27. The van der Waals surface area contributed by atoms with Crippen molar-refractivity contribution in [2.45, 2.75) is 55.7 Å². The first-order chi connectivity index (χ1) is 11.1. The van der Waals surface area contributed by atoms with E-state index in [0.29, 0.717) is 6.54 Å². The van der Waals surface area contributed by atoms with Crippen molar-refractivity contribution in [1.82, 2.24) is 10.5 Å². The maximum atomic E-state index is 12.9. The maximum Gasteiger partial charge on any atom is 0.236 e. The van der Waals surface area contributed by atoms with Gasteiger partial charge in [-0.3, -0.25) is 4.79 Å². The van der Waals surface area contributed by atoms with Crippen LogP contribution in [-0.2, 0) is 11.3 Å². The molecule has 0 unspecified atom stereocenters. The summed E-state index contributed by atoms with van der Waals surface area (Å²) in [4.78, 5) is 14.1. The van der Waals surface area contributed by atoms with Crippen LogP contribution in [0.25, 0.3) is 0 Å². The van der Waals surface area contributed by atoms with Crippen molar-refractivity contribution in [3.8, 4) is 0 Å². The minimum atomic E-state index is -0.347. The zero-order valence-corrected chi connectivity index (χ0v) is 14.4. The molecule has 1 aromatic heterocycles. The third-order valence-corrected chi connectivity index (χ3v) is 5.98. The van der Waals surface area contributed by atoms with E-state index in [2.05, 4.69) is 22.6 Å². The molecule has 1 N–H and O–H groups in total. The molecule has 0 aliphatic heterocycles. The van der Waals surface area contributed by atoms with Gasteiger partial charge in [0.2, 0.25) is 5.91 Å². The van der Waals surface area contributed by atoms with Crippen LogP contribution in [-0.4, -0.2) is 15.8 Å². The SMILES string of the molecule is Cc1noc(C)c1CNC(=O)C1(Sc2ccccc2)CCCC1. The van der Waals surface area contributed by atoms with Gasteiger partial charge in [-0.1, -0.05) is 36.2 Å². The van der Waals surface area contributed by atoms with Gasteiger partial charge < -0.3 is 9.84 Å². The van der Waals surface area contributed by atoms with E-state index >= 15 is 0 Å². The lowest BCUT2D eigenvalue weighted by atomic mass is 10.1. The van der Waals surface area contributed by atoms with Crippen LogP contribution in [0.1, 0.15) is 42.7 Å². The van der Waals surface area contributed by atoms with E-state index in [1.807, 2.05) is 32.0 Å². The van der Waals surface area contributed by atoms with E-state index in [9.17, 15) is 4.79 Å². The van der Waals surface area contributed by atoms with Crippen molar-refractivity contribution >= 4 is 17.7 Å². The molecule has 5 heteroatoms. The number of aryl methyl sites for hydroxylation is 2. The molecule has 2 aromatic rings. The number of nitrogens with zero attached hydrogens (tertiary/aromatic N) is 1. The van der Waals surface area contributed by atoms with Gasteiger partial charge in [-0.25, -0.2) is 0 Å². The second-order valence-electron chi connectivity index (χ2n) is 6.10. The predicted octanol–water partition coefficient (Wildman–Crippen LogP) is 4.01. The number of hydrogen-bond acceptors (Lipinski definition) is 4. The molecule has 1 saturated carbocycles.